The van der Waals surface area contributed by atoms with Crippen molar-refractivity contribution in [2.24, 2.45) is 5.92 Å². The van der Waals surface area contributed by atoms with Crippen LogP contribution in [-0.4, -0.2) is 43.2 Å². The number of aromatic nitrogens is 2. The Hall–Kier alpha value is -3.64. The fraction of sp³-hybridized carbons (Fsp3) is 0.355. The molecule has 2 aliphatic rings. The minimum Gasteiger partial charge on any atom is -0.457 e. The van der Waals surface area contributed by atoms with E-state index in [1.54, 1.807) is 0 Å². The molecule has 0 radical (unpaired) electrons. The van der Waals surface area contributed by atoms with E-state index in [0.29, 0.717) is 17.9 Å². The summed E-state index contributed by atoms with van der Waals surface area (Å²) in [5.41, 5.74) is 3.53. The van der Waals surface area contributed by atoms with E-state index in [9.17, 15) is 0 Å². The first-order valence-corrected chi connectivity index (χ1v) is 13.4. The Labute approximate surface area is 219 Å². The van der Waals surface area contributed by atoms with Crippen molar-refractivity contribution in [1.29, 1.82) is 0 Å². The van der Waals surface area contributed by atoms with Crippen molar-refractivity contribution in [3.8, 4) is 11.5 Å². The van der Waals surface area contributed by atoms with Gasteiger partial charge in [0.2, 0.25) is 5.95 Å². The topological polar surface area (TPSA) is 62.3 Å². The molecule has 0 spiro atoms. The summed E-state index contributed by atoms with van der Waals surface area (Å²) < 4.78 is 6.16. The molecule has 1 aliphatic carbocycles. The highest BCUT2D eigenvalue weighted by Crippen LogP contribution is 2.43. The second-order valence-electron chi connectivity index (χ2n) is 10.5. The van der Waals surface area contributed by atoms with Crippen LogP contribution in [0.2, 0.25) is 0 Å². The average Bonchev–Trinajstić information content (AvgIpc) is 2.93. The molecule has 0 saturated heterocycles. The second-order valence-corrected chi connectivity index (χ2v) is 10.5. The van der Waals surface area contributed by atoms with Gasteiger partial charge in [0.25, 0.3) is 0 Å². The Morgan fingerprint density at radius 2 is 1.43 bits per heavy atom. The van der Waals surface area contributed by atoms with Crippen LogP contribution in [0.5, 0.6) is 11.5 Å². The van der Waals surface area contributed by atoms with Gasteiger partial charge in [0, 0.05) is 49.1 Å². The Morgan fingerprint density at radius 3 is 2.14 bits per heavy atom. The SMILES string of the molecule is CN(C)c1nc(NC2CCC(CNCC3c4ccccc4Oc4ccccc43)CC2)nc2ccccc12. The number of ether oxygens (including phenoxy) is 1. The average molecular weight is 494 g/mol. The van der Waals surface area contributed by atoms with Crippen LogP contribution in [0.15, 0.2) is 72.8 Å². The van der Waals surface area contributed by atoms with Gasteiger partial charge in [-0.25, -0.2) is 4.98 Å². The molecule has 1 aromatic heterocycles. The summed E-state index contributed by atoms with van der Waals surface area (Å²) >= 11 is 0. The molecule has 3 aromatic carbocycles. The van der Waals surface area contributed by atoms with Crippen LogP contribution in [0.1, 0.15) is 42.7 Å². The number of hydrogen-bond donors (Lipinski definition) is 2. The number of hydrogen-bond acceptors (Lipinski definition) is 6. The van der Waals surface area contributed by atoms with Crippen molar-refractivity contribution < 1.29 is 4.74 Å². The van der Waals surface area contributed by atoms with E-state index in [0.717, 1.165) is 60.1 Å². The lowest BCUT2D eigenvalue weighted by Gasteiger charge is -2.31. The quantitative estimate of drug-likeness (QED) is 0.320. The summed E-state index contributed by atoms with van der Waals surface area (Å²) in [6.45, 7) is 1.97. The predicted molar refractivity (Wildman–Crippen MR) is 151 cm³/mol. The van der Waals surface area contributed by atoms with Gasteiger partial charge >= 0.3 is 0 Å². The zero-order chi connectivity index (χ0) is 25.2. The molecule has 2 heterocycles. The second kappa shape index (κ2) is 10.4. The van der Waals surface area contributed by atoms with Crippen molar-refractivity contribution in [2.45, 2.75) is 37.6 Å². The standard InChI is InChI=1S/C31H35N5O/c1-36(2)30-25-11-3-6-12-27(25)34-31(35-30)33-22-17-15-21(16-18-22)19-32-20-26-23-9-4-7-13-28(23)37-29-14-8-5-10-24(26)29/h3-14,21-22,26,32H,15-20H2,1-2H3,(H,33,34,35). The Bertz CT molecular complexity index is 1330. The van der Waals surface area contributed by atoms with E-state index in [1.807, 2.05) is 38.4 Å². The van der Waals surface area contributed by atoms with Gasteiger partial charge in [-0.05, 0) is 62.4 Å². The Balaban J connectivity index is 1.05. The number of nitrogens with zero attached hydrogens (tertiary/aromatic N) is 3. The van der Waals surface area contributed by atoms with Gasteiger partial charge in [-0.2, -0.15) is 4.98 Å². The lowest BCUT2D eigenvalue weighted by atomic mass is 9.85. The minimum atomic E-state index is 0.315. The van der Waals surface area contributed by atoms with Crippen molar-refractivity contribution in [1.82, 2.24) is 15.3 Å². The third-order valence-corrected chi connectivity index (χ3v) is 7.78. The Morgan fingerprint density at radius 1 is 0.784 bits per heavy atom. The molecule has 0 amide bonds. The van der Waals surface area contributed by atoms with E-state index >= 15 is 0 Å². The van der Waals surface area contributed by atoms with Gasteiger partial charge < -0.3 is 20.3 Å². The van der Waals surface area contributed by atoms with Gasteiger partial charge in [0.15, 0.2) is 0 Å². The maximum absolute atomic E-state index is 6.16. The lowest BCUT2D eigenvalue weighted by molar-refractivity contribution is 0.322. The van der Waals surface area contributed by atoms with Crippen LogP contribution in [-0.2, 0) is 0 Å². The van der Waals surface area contributed by atoms with Crippen LogP contribution >= 0.6 is 0 Å². The smallest absolute Gasteiger partial charge is 0.225 e. The van der Waals surface area contributed by atoms with Crippen LogP contribution in [0.25, 0.3) is 10.9 Å². The minimum absolute atomic E-state index is 0.315. The first-order chi connectivity index (χ1) is 18.2. The summed E-state index contributed by atoms with van der Waals surface area (Å²) in [5.74, 6) is 4.66. The van der Waals surface area contributed by atoms with E-state index in [4.69, 9.17) is 14.7 Å². The molecular weight excluding hydrogens is 458 g/mol. The molecule has 37 heavy (non-hydrogen) atoms. The van der Waals surface area contributed by atoms with Crippen molar-refractivity contribution in [3.63, 3.8) is 0 Å². The zero-order valence-electron chi connectivity index (χ0n) is 21.7. The number of nitrogens with one attached hydrogen (secondary N) is 2. The highest BCUT2D eigenvalue weighted by Gasteiger charge is 2.27. The highest BCUT2D eigenvalue weighted by molar-refractivity contribution is 5.90. The largest absolute Gasteiger partial charge is 0.457 e. The third kappa shape index (κ3) is 4.98. The molecule has 190 valence electrons. The van der Waals surface area contributed by atoms with Crippen molar-refractivity contribution in [3.05, 3.63) is 83.9 Å². The molecule has 1 aliphatic heterocycles. The summed E-state index contributed by atoms with van der Waals surface area (Å²) in [6.07, 6.45) is 4.70. The van der Waals surface area contributed by atoms with Gasteiger partial charge in [0.1, 0.15) is 17.3 Å². The molecule has 0 unspecified atom stereocenters. The van der Waals surface area contributed by atoms with Gasteiger partial charge in [-0.1, -0.05) is 48.5 Å². The fourth-order valence-electron chi connectivity index (χ4n) is 5.82. The molecule has 2 N–H and O–H groups in total. The molecule has 0 bridgehead atoms. The molecule has 6 heteroatoms. The van der Waals surface area contributed by atoms with E-state index in [-0.39, 0.29) is 0 Å². The highest BCUT2D eigenvalue weighted by atomic mass is 16.5. The van der Waals surface area contributed by atoms with Crippen LogP contribution in [0, 0.1) is 5.92 Å². The number of rotatable bonds is 7. The maximum Gasteiger partial charge on any atom is 0.225 e. The van der Waals surface area contributed by atoms with Gasteiger partial charge in [-0.3, -0.25) is 0 Å². The number of fused-ring (bicyclic) bond motifs is 3. The number of benzene rings is 3. The van der Waals surface area contributed by atoms with Gasteiger partial charge in [0.05, 0.1) is 5.52 Å². The van der Waals surface area contributed by atoms with E-state index in [1.165, 1.54) is 24.0 Å². The van der Waals surface area contributed by atoms with Crippen molar-refractivity contribution in [2.75, 3.05) is 37.4 Å². The Kier molecular flexibility index (Phi) is 6.66. The summed E-state index contributed by atoms with van der Waals surface area (Å²) in [6, 6.07) is 25.5. The van der Waals surface area contributed by atoms with Crippen molar-refractivity contribution >= 4 is 22.7 Å². The normalized spacial score (nSPS) is 19.1. The molecule has 6 rings (SSSR count). The molecular formula is C31H35N5O. The molecule has 0 atom stereocenters. The number of anilines is 2. The molecule has 1 saturated carbocycles. The van der Waals surface area contributed by atoms with E-state index < -0.39 is 0 Å². The maximum atomic E-state index is 6.16. The zero-order valence-corrected chi connectivity index (χ0v) is 21.7. The predicted octanol–water partition coefficient (Wildman–Crippen LogP) is 6.19. The van der Waals surface area contributed by atoms with Gasteiger partial charge in [-0.15, -0.1) is 0 Å². The first kappa shape index (κ1) is 23.7. The first-order valence-electron chi connectivity index (χ1n) is 13.4. The molecule has 4 aromatic rings. The fourth-order valence-corrected chi connectivity index (χ4v) is 5.82. The third-order valence-electron chi connectivity index (χ3n) is 7.78. The monoisotopic (exact) mass is 493 g/mol. The van der Waals surface area contributed by atoms with E-state index in [2.05, 4.69) is 64.1 Å². The molecule has 6 nitrogen and oxygen atoms in total. The van der Waals surface area contributed by atoms with Crippen LogP contribution < -0.4 is 20.3 Å². The summed E-state index contributed by atoms with van der Waals surface area (Å²) in [7, 11) is 4.07. The number of para-hydroxylation sites is 3. The van der Waals surface area contributed by atoms with Crippen LogP contribution in [0.4, 0.5) is 11.8 Å². The summed E-state index contributed by atoms with van der Waals surface area (Å²) in [4.78, 5) is 11.7. The summed E-state index contributed by atoms with van der Waals surface area (Å²) in [5, 5.41) is 8.53. The lowest BCUT2D eigenvalue weighted by Crippen LogP contribution is -2.33. The molecule has 1 fully saturated rings. The van der Waals surface area contributed by atoms with Crippen LogP contribution in [0.3, 0.4) is 0 Å².